The lowest BCUT2D eigenvalue weighted by molar-refractivity contribution is -0.123. The molecule has 0 saturated carbocycles. The molecule has 0 bridgehead atoms. The van der Waals surface area contributed by atoms with Gasteiger partial charge in [0.25, 0.3) is 0 Å². The molecular weight excluding hydrogens is 711 g/mol. The molecule has 0 aliphatic heterocycles. The first-order valence-electron chi connectivity index (χ1n) is 25.2. The number of aliphatic hydroxyl groups excluding tert-OH is 2. The number of allylic oxidation sites excluding steroid dienone is 11. The predicted octanol–water partition coefficient (Wildman–Crippen LogP) is 16.2. The second-order valence-electron chi connectivity index (χ2n) is 16.8. The molecule has 4 nitrogen and oxygen atoms in total. The Kier molecular flexibility index (Phi) is 47.4. The van der Waals surface area contributed by atoms with Gasteiger partial charge >= 0.3 is 0 Å². The zero-order valence-corrected chi connectivity index (χ0v) is 38.5. The fraction of sp³-hybridized carbons (Fsp3) is 0.759. The summed E-state index contributed by atoms with van der Waals surface area (Å²) >= 11 is 0. The molecule has 4 heteroatoms. The van der Waals surface area contributed by atoms with Crippen LogP contribution in [-0.4, -0.2) is 34.9 Å². The van der Waals surface area contributed by atoms with Crippen LogP contribution in [0.4, 0.5) is 0 Å². The summed E-state index contributed by atoms with van der Waals surface area (Å²) < 4.78 is 0. The van der Waals surface area contributed by atoms with Crippen molar-refractivity contribution in [2.45, 2.75) is 257 Å². The molecule has 0 radical (unpaired) electrons. The summed E-state index contributed by atoms with van der Waals surface area (Å²) in [5.41, 5.74) is 0. The van der Waals surface area contributed by atoms with E-state index in [0.717, 1.165) is 57.8 Å². The number of nitrogens with one attached hydrogen (secondary N) is 1. The average molecular weight is 808 g/mol. The van der Waals surface area contributed by atoms with E-state index in [9.17, 15) is 15.0 Å². The fourth-order valence-electron chi connectivity index (χ4n) is 7.36. The molecule has 336 valence electrons. The van der Waals surface area contributed by atoms with Gasteiger partial charge < -0.3 is 15.5 Å². The van der Waals surface area contributed by atoms with Crippen molar-refractivity contribution < 1.29 is 15.0 Å². The van der Waals surface area contributed by atoms with Crippen molar-refractivity contribution in [3.63, 3.8) is 0 Å². The van der Waals surface area contributed by atoms with Crippen LogP contribution in [-0.2, 0) is 4.79 Å². The van der Waals surface area contributed by atoms with Gasteiger partial charge in [-0.05, 0) is 70.6 Å². The van der Waals surface area contributed by atoms with Gasteiger partial charge in [-0.25, -0.2) is 0 Å². The average Bonchev–Trinajstić information content (AvgIpc) is 3.23. The van der Waals surface area contributed by atoms with Crippen LogP contribution in [0.2, 0.25) is 0 Å². The first-order chi connectivity index (χ1) is 28.7. The van der Waals surface area contributed by atoms with Crippen molar-refractivity contribution >= 4 is 5.91 Å². The Morgan fingerprint density at radius 3 is 1.21 bits per heavy atom. The van der Waals surface area contributed by atoms with E-state index in [0.29, 0.717) is 6.42 Å². The van der Waals surface area contributed by atoms with E-state index < -0.39 is 12.1 Å². The second kappa shape index (κ2) is 49.2. The van der Waals surface area contributed by atoms with Gasteiger partial charge in [0.1, 0.15) is 0 Å². The van der Waals surface area contributed by atoms with E-state index in [1.807, 2.05) is 6.08 Å². The molecule has 58 heavy (non-hydrogen) atoms. The highest BCUT2D eigenvalue weighted by molar-refractivity contribution is 5.76. The number of rotatable bonds is 45. The van der Waals surface area contributed by atoms with Gasteiger partial charge in [-0.1, -0.05) is 241 Å². The minimum Gasteiger partial charge on any atom is -0.394 e. The van der Waals surface area contributed by atoms with Gasteiger partial charge in [-0.3, -0.25) is 4.79 Å². The van der Waals surface area contributed by atoms with Crippen LogP contribution in [0.15, 0.2) is 72.9 Å². The zero-order chi connectivity index (χ0) is 42.1. The van der Waals surface area contributed by atoms with Crippen molar-refractivity contribution in [3.8, 4) is 0 Å². The highest BCUT2D eigenvalue weighted by Gasteiger charge is 2.17. The van der Waals surface area contributed by atoms with Crippen LogP contribution in [0.1, 0.15) is 245 Å². The summed E-state index contributed by atoms with van der Waals surface area (Å²) in [6.45, 7) is 4.19. The van der Waals surface area contributed by atoms with Gasteiger partial charge in [0.2, 0.25) is 5.91 Å². The third-order valence-corrected chi connectivity index (χ3v) is 11.2. The Hall–Kier alpha value is -2.17. The van der Waals surface area contributed by atoms with Gasteiger partial charge in [-0.15, -0.1) is 0 Å². The molecule has 0 heterocycles. The monoisotopic (exact) mass is 808 g/mol. The molecule has 0 fully saturated rings. The molecule has 2 unspecified atom stereocenters. The smallest absolute Gasteiger partial charge is 0.220 e. The lowest BCUT2D eigenvalue weighted by Gasteiger charge is -2.19. The van der Waals surface area contributed by atoms with Gasteiger partial charge in [0.05, 0.1) is 18.8 Å². The first kappa shape index (κ1) is 55.8. The SMILES string of the molecule is CC/C=C\C/C=C\C/C=C\C/C=C\CCCCCCCCCCCCCCC(=O)NC(CO)C(O)/C=C/CC/C=C/CCCCCCCCCCCCCCCCC. The van der Waals surface area contributed by atoms with Crippen molar-refractivity contribution in [2.24, 2.45) is 0 Å². The maximum Gasteiger partial charge on any atom is 0.220 e. The molecule has 0 aliphatic carbocycles. The molecule has 0 spiro atoms. The summed E-state index contributed by atoms with van der Waals surface area (Å²) in [6.07, 6.45) is 70.3. The number of aliphatic hydroxyl groups is 2. The van der Waals surface area contributed by atoms with Gasteiger partial charge in [0, 0.05) is 6.42 Å². The summed E-state index contributed by atoms with van der Waals surface area (Å²) in [7, 11) is 0. The third kappa shape index (κ3) is 44.9. The Balaban J connectivity index is 3.58. The largest absolute Gasteiger partial charge is 0.394 e. The van der Waals surface area contributed by atoms with Gasteiger partial charge in [-0.2, -0.15) is 0 Å². The first-order valence-corrected chi connectivity index (χ1v) is 25.2. The predicted molar refractivity (Wildman–Crippen MR) is 257 cm³/mol. The van der Waals surface area contributed by atoms with Crippen LogP contribution in [0.3, 0.4) is 0 Å². The molecule has 0 aromatic rings. The standard InChI is InChI=1S/C54H97NO3/c1-3-5-7-9-11-13-15-17-19-21-23-25-26-27-28-30-32-34-36-38-40-42-44-46-48-50-54(58)55-52(51-56)53(57)49-47-45-43-41-39-37-35-33-31-29-24-22-20-18-16-14-12-10-8-6-4-2/h5,7,11,13,17,19,23,25,39,41,47,49,52-53,56-57H,3-4,6,8-10,12,14-16,18,20-22,24,26-38,40,42-46,48,50-51H2,1-2H3,(H,55,58)/b7-5-,13-11-,19-17-,25-23-,41-39+,49-47+. The Bertz CT molecular complexity index is 1010. The summed E-state index contributed by atoms with van der Waals surface area (Å²) in [6, 6.07) is -0.644. The van der Waals surface area contributed by atoms with Crippen molar-refractivity contribution in [1.82, 2.24) is 5.32 Å². The molecule has 0 saturated heterocycles. The van der Waals surface area contributed by atoms with Crippen LogP contribution in [0.25, 0.3) is 0 Å². The number of carbonyl (C=O) groups excluding carboxylic acids is 1. The quantitative estimate of drug-likeness (QED) is 0.0424. The van der Waals surface area contributed by atoms with Crippen molar-refractivity contribution in [1.29, 1.82) is 0 Å². The van der Waals surface area contributed by atoms with E-state index >= 15 is 0 Å². The Labute approximate surface area is 361 Å². The number of hydrogen-bond acceptors (Lipinski definition) is 3. The minimum atomic E-state index is -0.866. The molecular formula is C54H97NO3. The lowest BCUT2D eigenvalue weighted by atomic mass is 10.0. The zero-order valence-electron chi connectivity index (χ0n) is 38.5. The molecule has 3 N–H and O–H groups in total. The molecule has 2 atom stereocenters. The molecule has 0 aromatic heterocycles. The highest BCUT2D eigenvalue weighted by atomic mass is 16.3. The van der Waals surface area contributed by atoms with Crippen molar-refractivity contribution in [2.75, 3.05) is 6.61 Å². The molecule has 0 aromatic carbocycles. The van der Waals surface area contributed by atoms with E-state index in [-0.39, 0.29) is 12.5 Å². The van der Waals surface area contributed by atoms with Crippen LogP contribution < -0.4 is 5.32 Å². The van der Waals surface area contributed by atoms with E-state index in [4.69, 9.17) is 0 Å². The van der Waals surface area contributed by atoms with Crippen molar-refractivity contribution in [3.05, 3.63) is 72.9 Å². The maximum absolute atomic E-state index is 12.4. The fourth-order valence-corrected chi connectivity index (χ4v) is 7.36. The summed E-state index contributed by atoms with van der Waals surface area (Å²) in [4.78, 5) is 12.4. The third-order valence-electron chi connectivity index (χ3n) is 11.2. The Morgan fingerprint density at radius 1 is 0.431 bits per heavy atom. The molecule has 0 rings (SSSR count). The number of carbonyl (C=O) groups is 1. The maximum atomic E-state index is 12.4. The van der Waals surface area contributed by atoms with Crippen LogP contribution in [0, 0.1) is 0 Å². The van der Waals surface area contributed by atoms with Crippen LogP contribution in [0.5, 0.6) is 0 Å². The molecule has 0 aliphatic rings. The summed E-state index contributed by atoms with van der Waals surface area (Å²) in [5.74, 6) is -0.0771. The number of unbranched alkanes of at least 4 members (excludes halogenated alkanes) is 28. The minimum absolute atomic E-state index is 0.0771. The second-order valence-corrected chi connectivity index (χ2v) is 16.8. The van der Waals surface area contributed by atoms with E-state index in [1.165, 1.54) is 167 Å². The van der Waals surface area contributed by atoms with Crippen LogP contribution >= 0.6 is 0 Å². The molecule has 1 amide bonds. The topological polar surface area (TPSA) is 69.6 Å². The summed E-state index contributed by atoms with van der Waals surface area (Å²) in [5, 5.41) is 23.1. The van der Waals surface area contributed by atoms with E-state index in [1.54, 1.807) is 6.08 Å². The lowest BCUT2D eigenvalue weighted by Crippen LogP contribution is -2.45. The number of amides is 1. The normalized spacial score (nSPS) is 13.5. The number of hydrogen-bond donors (Lipinski definition) is 3. The van der Waals surface area contributed by atoms with E-state index in [2.05, 4.69) is 79.9 Å². The highest BCUT2D eigenvalue weighted by Crippen LogP contribution is 2.15. The van der Waals surface area contributed by atoms with Gasteiger partial charge in [0.15, 0.2) is 0 Å². The Morgan fingerprint density at radius 2 is 0.776 bits per heavy atom.